The SMILES string of the molecule is CCCNC(=O)C1CN(C(=O)/C=C/c2cccc(Cl)c2)c2ccccc2O1. The lowest BCUT2D eigenvalue weighted by molar-refractivity contribution is -0.128. The number of amides is 2. The second-order valence-electron chi connectivity index (χ2n) is 6.20. The minimum atomic E-state index is -0.741. The fraction of sp³-hybridized carbons (Fsp3) is 0.238. The molecule has 0 saturated heterocycles. The molecule has 5 nitrogen and oxygen atoms in total. The molecule has 1 heterocycles. The van der Waals surface area contributed by atoms with Crippen LogP contribution in [0.15, 0.2) is 54.6 Å². The predicted molar refractivity (Wildman–Crippen MR) is 107 cm³/mol. The normalized spacial score (nSPS) is 15.9. The van der Waals surface area contributed by atoms with Gasteiger partial charge >= 0.3 is 0 Å². The molecule has 0 saturated carbocycles. The van der Waals surface area contributed by atoms with E-state index in [4.69, 9.17) is 16.3 Å². The van der Waals surface area contributed by atoms with Crippen LogP contribution in [0.1, 0.15) is 18.9 Å². The topological polar surface area (TPSA) is 58.6 Å². The fourth-order valence-corrected chi connectivity index (χ4v) is 3.01. The number of rotatable bonds is 5. The van der Waals surface area contributed by atoms with Gasteiger partial charge in [0.15, 0.2) is 6.10 Å². The van der Waals surface area contributed by atoms with Crippen molar-refractivity contribution in [3.63, 3.8) is 0 Å². The van der Waals surface area contributed by atoms with E-state index in [1.54, 1.807) is 35.2 Å². The van der Waals surface area contributed by atoms with Crippen LogP contribution < -0.4 is 15.0 Å². The lowest BCUT2D eigenvalue weighted by Gasteiger charge is -2.33. The van der Waals surface area contributed by atoms with E-state index in [-0.39, 0.29) is 18.4 Å². The molecule has 0 bridgehead atoms. The van der Waals surface area contributed by atoms with Gasteiger partial charge in [0.25, 0.3) is 11.8 Å². The van der Waals surface area contributed by atoms with Crippen LogP contribution in [0.3, 0.4) is 0 Å². The molecule has 2 amide bonds. The third-order valence-corrected chi connectivity index (χ3v) is 4.38. The van der Waals surface area contributed by atoms with Crippen LogP contribution >= 0.6 is 11.6 Å². The zero-order valence-corrected chi connectivity index (χ0v) is 15.8. The summed E-state index contributed by atoms with van der Waals surface area (Å²) >= 11 is 5.98. The first-order valence-electron chi connectivity index (χ1n) is 8.87. The minimum absolute atomic E-state index is 0.158. The molecule has 0 spiro atoms. The Morgan fingerprint density at radius 1 is 1.26 bits per heavy atom. The molecule has 1 aliphatic heterocycles. The summed E-state index contributed by atoms with van der Waals surface area (Å²) in [5.41, 5.74) is 1.48. The Kier molecular flexibility index (Phi) is 6.14. The number of nitrogens with one attached hydrogen (secondary N) is 1. The van der Waals surface area contributed by atoms with Gasteiger partial charge in [-0.1, -0.05) is 42.8 Å². The van der Waals surface area contributed by atoms with Crippen LogP contribution in [-0.4, -0.2) is 31.0 Å². The standard InChI is InChI=1S/C21H21ClN2O3/c1-2-12-23-21(26)19-14-24(17-8-3-4-9-18(17)27-19)20(25)11-10-15-6-5-7-16(22)13-15/h3-11,13,19H,2,12,14H2,1H3,(H,23,26)/b11-10+. The smallest absolute Gasteiger partial charge is 0.262 e. The van der Waals surface area contributed by atoms with Crippen LogP contribution in [0.5, 0.6) is 5.75 Å². The highest BCUT2D eigenvalue weighted by molar-refractivity contribution is 6.30. The Morgan fingerprint density at radius 3 is 2.85 bits per heavy atom. The van der Waals surface area contributed by atoms with Gasteiger partial charge in [0, 0.05) is 17.6 Å². The summed E-state index contributed by atoms with van der Waals surface area (Å²) in [6.45, 7) is 2.71. The second-order valence-corrected chi connectivity index (χ2v) is 6.64. The summed E-state index contributed by atoms with van der Waals surface area (Å²) in [7, 11) is 0. The molecule has 2 aromatic rings. The van der Waals surface area contributed by atoms with Gasteiger partial charge in [0.2, 0.25) is 0 Å². The van der Waals surface area contributed by atoms with Crippen LogP contribution in [-0.2, 0) is 9.59 Å². The number of hydrogen-bond donors (Lipinski definition) is 1. The first-order chi connectivity index (χ1) is 13.1. The maximum atomic E-state index is 12.8. The number of carbonyl (C=O) groups is 2. The number of halogens is 1. The predicted octanol–water partition coefficient (Wildman–Crippen LogP) is 3.67. The molecule has 27 heavy (non-hydrogen) atoms. The van der Waals surface area contributed by atoms with E-state index in [9.17, 15) is 9.59 Å². The van der Waals surface area contributed by atoms with Crippen molar-refractivity contribution in [2.45, 2.75) is 19.4 Å². The highest BCUT2D eigenvalue weighted by Crippen LogP contribution is 2.33. The number of nitrogens with zero attached hydrogens (tertiary/aromatic N) is 1. The first kappa shape index (κ1) is 19.0. The van der Waals surface area contributed by atoms with Gasteiger partial charge in [-0.25, -0.2) is 0 Å². The van der Waals surface area contributed by atoms with Gasteiger partial charge in [-0.05, 0) is 42.3 Å². The van der Waals surface area contributed by atoms with Gasteiger partial charge in [0.1, 0.15) is 5.75 Å². The minimum Gasteiger partial charge on any atom is -0.477 e. The molecule has 0 radical (unpaired) electrons. The van der Waals surface area contributed by atoms with E-state index in [2.05, 4.69) is 5.32 Å². The van der Waals surface area contributed by atoms with E-state index in [1.807, 2.05) is 31.2 Å². The molecule has 2 aromatic carbocycles. The Morgan fingerprint density at radius 2 is 2.07 bits per heavy atom. The number of ether oxygens (including phenoxy) is 1. The Labute approximate surface area is 163 Å². The summed E-state index contributed by atoms with van der Waals surface area (Å²) in [6.07, 6.45) is 3.28. The molecular formula is C21H21ClN2O3. The maximum absolute atomic E-state index is 12.8. The summed E-state index contributed by atoms with van der Waals surface area (Å²) in [4.78, 5) is 26.7. The zero-order chi connectivity index (χ0) is 19.2. The number of carbonyl (C=O) groups excluding carboxylic acids is 2. The molecule has 0 fully saturated rings. The molecule has 3 rings (SSSR count). The lowest BCUT2D eigenvalue weighted by Crippen LogP contribution is -2.50. The average Bonchev–Trinajstić information content (AvgIpc) is 2.69. The van der Waals surface area contributed by atoms with Crippen molar-refractivity contribution < 1.29 is 14.3 Å². The summed E-state index contributed by atoms with van der Waals surface area (Å²) < 4.78 is 5.80. The number of hydrogen-bond acceptors (Lipinski definition) is 3. The van der Waals surface area contributed by atoms with Crippen LogP contribution in [0.2, 0.25) is 5.02 Å². The first-order valence-corrected chi connectivity index (χ1v) is 9.25. The van der Waals surface area contributed by atoms with Crippen LogP contribution in [0.25, 0.3) is 6.08 Å². The maximum Gasteiger partial charge on any atom is 0.262 e. The van der Waals surface area contributed by atoms with Crippen molar-refractivity contribution in [1.29, 1.82) is 0 Å². The number of para-hydroxylation sites is 2. The lowest BCUT2D eigenvalue weighted by atomic mass is 10.1. The third-order valence-electron chi connectivity index (χ3n) is 4.15. The molecule has 1 unspecified atom stereocenters. The van der Waals surface area contributed by atoms with Gasteiger partial charge in [-0.15, -0.1) is 0 Å². The molecule has 0 aromatic heterocycles. The van der Waals surface area contributed by atoms with Crippen LogP contribution in [0, 0.1) is 0 Å². The molecule has 6 heteroatoms. The average molecular weight is 385 g/mol. The van der Waals surface area contributed by atoms with Gasteiger partial charge in [-0.2, -0.15) is 0 Å². The Balaban J connectivity index is 1.81. The Bertz CT molecular complexity index is 866. The molecular weight excluding hydrogens is 364 g/mol. The second kappa shape index (κ2) is 8.73. The molecule has 1 aliphatic rings. The molecule has 0 aliphatic carbocycles. The van der Waals surface area contributed by atoms with Gasteiger partial charge in [-0.3, -0.25) is 9.59 Å². The van der Waals surface area contributed by atoms with Gasteiger partial charge in [0.05, 0.1) is 12.2 Å². The third kappa shape index (κ3) is 4.68. The van der Waals surface area contributed by atoms with E-state index in [0.29, 0.717) is 23.0 Å². The monoisotopic (exact) mass is 384 g/mol. The van der Waals surface area contributed by atoms with E-state index in [1.165, 1.54) is 6.08 Å². The number of benzene rings is 2. The number of anilines is 1. The Hall–Kier alpha value is -2.79. The largest absolute Gasteiger partial charge is 0.477 e. The van der Waals surface area contributed by atoms with Crippen molar-refractivity contribution in [1.82, 2.24) is 5.32 Å². The molecule has 1 atom stereocenters. The fourth-order valence-electron chi connectivity index (χ4n) is 2.81. The van der Waals surface area contributed by atoms with Gasteiger partial charge < -0.3 is 15.0 Å². The van der Waals surface area contributed by atoms with Crippen molar-refractivity contribution in [3.8, 4) is 5.75 Å². The van der Waals surface area contributed by atoms with E-state index in [0.717, 1.165) is 12.0 Å². The van der Waals surface area contributed by atoms with Crippen molar-refractivity contribution in [2.24, 2.45) is 0 Å². The zero-order valence-electron chi connectivity index (χ0n) is 15.0. The van der Waals surface area contributed by atoms with E-state index >= 15 is 0 Å². The summed E-state index contributed by atoms with van der Waals surface area (Å²) in [5.74, 6) is 0.0758. The van der Waals surface area contributed by atoms with Crippen molar-refractivity contribution in [2.75, 3.05) is 18.0 Å². The quantitative estimate of drug-likeness (QED) is 0.800. The highest BCUT2D eigenvalue weighted by atomic mass is 35.5. The van der Waals surface area contributed by atoms with Crippen LogP contribution in [0.4, 0.5) is 5.69 Å². The number of fused-ring (bicyclic) bond motifs is 1. The summed E-state index contributed by atoms with van der Waals surface area (Å²) in [5, 5.41) is 3.43. The molecule has 1 N–H and O–H groups in total. The van der Waals surface area contributed by atoms with E-state index < -0.39 is 6.10 Å². The van der Waals surface area contributed by atoms with Crippen molar-refractivity contribution in [3.05, 3.63) is 65.2 Å². The highest BCUT2D eigenvalue weighted by Gasteiger charge is 2.32. The molecule has 140 valence electrons. The summed E-state index contributed by atoms with van der Waals surface area (Å²) in [6, 6.07) is 14.5. The van der Waals surface area contributed by atoms with Crippen molar-refractivity contribution >= 4 is 35.2 Å².